The summed E-state index contributed by atoms with van der Waals surface area (Å²) >= 11 is 0. The first-order chi connectivity index (χ1) is 39.9. The van der Waals surface area contributed by atoms with Gasteiger partial charge in [0.05, 0.1) is 26.4 Å². The van der Waals surface area contributed by atoms with Crippen LogP contribution >= 0.6 is 15.6 Å². The van der Waals surface area contributed by atoms with Crippen LogP contribution in [0.15, 0.2) is 0 Å². The summed E-state index contributed by atoms with van der Waals surface area (Å²) in [6, 6.07) is 0. The topological polar surface area (TPSA) is 237 Å². The Kier molecular flexibility index (Phi) is 55.2. The van der Waals surface area contributed by atoms with Crippen molar-refractivity contribution in [3.8, 4) is 0 Å². The van der Waals surface area contributed by atoms with Crippen LogP contribution in [0.1, 0.15) is 318 Å². The van der Waals surface area contributed by atoms with E-state index in [2.05, 4.69) is 41.5 Å². The van der Waals surface area contributed by atoms with Crippen molar-refractivity contribution in [2.45, 2.75) is 336 Å². The van der Waals surface area contributed by atoms with Gasteiger partial charge in [-0.3, -0.25) is 37.3 Å². The van der Waals surface area contributed by atoms with Gasteiger partial charge in [0.15, 0.2) is 12.2 Å². The molecule has 0 bridgehead atoms. The van der Waals surface area contributed by atoms with Gasteiger partial charge in [0.2, 0.25) is 0 Å². The molecule has 7 atom stereocenters. The Morgan fingerprint density at radius 3 is 0.855 bits per heavy atom. The molecule has 0 aliphatic rings. The first-order valence-corrected chi connectivity index (χ1v) is 36.6. The number of rotatable bonds is 63. The highest BCUT2D eigenvalue weighted by atomic mass is 31.2. The van der Waals surface area contributed by atoms with Crippen LogP contribution in [-0.4, -0.2) is 96.7 Å². The third-order valence-corrected chi connectivity index (χ3v) is 17.3. The summed E-state index contributed by atoms with van der Waals surface area (Å²) in [5, 5.41) is 10.5. The molecule has 3 N–H and O–H groups in total. The van der Waals surface area contributed by atoms with E-state index in [-0.39, 0.29) is 25.7 Å². The fourth-order valence-electron chi connectivity index (χ4n) is 9.47. The van der Waals surface area contributed by atoms with Gasteiger partial charge in [-0.1, -0.05) is 266 Å². The number of phosphoric acid groups is 2. The van der Waals surface area contributed by atoms with Crippen molar-refractivity contribution in [2.24, 2.45) is 11.8 Å². The van der Waals surface area contributed by atoms with Crippen molar-refractivity contribution in [2.75, 3.05) is 39.6 Å². The molecule has 0 heterocycles. The number of ether oxygens (including phenoxy) is 4. The molecule has 0 rings (SSSR count). The van der Waals surface area contributed by atoms with Gasteiger partial charge in [-0.2, -0.15) is 0 Å². The molecule has 0 aromatic heterocycles. The molecular formula is C64H124O17P2. The quantitative estimate of drug-likeness (QED) is 0.0222. The van der Waals surface area contributed by atoms with Crippen molar-refractivity contribution in [3.05, 3.63) is 0 Å². The maximum absolute atomic E-state index is 13.0. The van der Waals surface area contributed by atoms with Crippen LogP contribution in [0.5, 0.6) is 0 Å². The van der Waals surface area contributed by atoms with Gasteiger partial charge in [-0.15, -0.1) is 0 Å². The Labute approximate surface area is 505 Å². The van der Waals surface area contributed by atoms with Crippen molar-refractivity contribution < 1.29 is 80.2 Å². The molecule has 0 amide bonds. The number of hydrogen-bond acceptors (Lipinski definition) is 15. The maximum Gasteiger partial charge on any atom is 0.472 e. The molecule has 83 heavy (non-hydrogen) atoms. The van der Waals surface area contributed by atoms with Crippen LogP contribution in [0.4, 0.5) is 0 Å². The first kappa shape index (κ1) is 81.1. The zero-order valence-corrected chi connectivity index (χ0v) is 55.3. The van der Waals surface area contributed by atoms with Crippen LogP contribution in [0.25, 0.3) is 0 Å². The van der Waals surface area contributed by atoms with Gasteiger partial charge in [0.25, 0.3) is 0 Å². The lowest BCUT2D eigenvalue weighted by molar-refractivity contribution is -0.161. The summed E-state index contributed by atoms with van der Waals surface area (Å²) in [5.41, 5.74) is 0. The first-order valence-electron chi connectivity index (χ1n) is 33.6. The Bertz CT molecular complexity index is 1640. The van der Waals surface area contributed by atoms with Gasteiger partial charge >= 0.3 is 39.5 Å². The van der Waals surface area contributed by atoms with E-state index in [4.69, 9.17) is 37.0 Å². The van der Waals surface area contributed by atoms with Gasteiger partial charge in [-0.25, -0.2) is 9.13 Å². The normalized spacial score (nSPS) is 15.0. The Balaban J connectivity index is 5.21. The third-order valence-electron chi connectivity index (χ3n) is 15.4. The number of aliphatic hydroxyl groups is 1. The van der Waals surface area contributed by atoms with E-state index < -0.39 is 97.5 Å². The number of hydrogen-bond donors (Lipinski definition) is 3. The molecule has 492 valence electrons. The minimum Gasteiger partial charge on any atom is -0.462 e. The molecule has 0 spiro atoms. The molecule has 0 saturated heterocycles. The highest BCUT2D eigenvalue weighted by Crippen LogP contribution is 2.45. The minimum atomic E-state index is -4.94. The van der Waals surface area contributed by atoms with E-state index in [1.807, 2.05) is 0 Å². The van der Waals surface area contributed by atoms with E-state index in [1.54, 1.807) is 0 Å². The van der Waals surface area contributed by atoms with Crippen molar-refractivity contribution in [1.82, 2.24) is 0 Å². The number of aliphatic hydroxyl groups excluding tert-OH is 1. The van der Waals surface area contributed by atoms with Gasteiger partial charge in [-0.05, 0) is 37.5 Å². The molecule has 0 aromatic rings. The number of unbranched alkanes of at least 4 members (excludes halogenated alkanes) is 31. The number of esters is 4. The molecule has 0 aliphatic heterocycles. The van der Waals surface area contributed by atoms with Crippen LogP contribution in [0.2, 0.25) is 0 Å². The molecule has 0 aromatic carbocycles. The Morgan fingerprint density at radius 2 is 0.578 bits per heavy atom. The molecular weight excluding hydrogens is 1100 g/mol. The smallest absolute Gasteiger partial charge is 0.462 e. The lowest BCUT2D eigenvalue weighted by atomic mass is 9.99. The number of carbonyl (C=O) groups is 4. The average Bonchev–Trinajstić information content (AvgIpc) is 3.46. The van der Waals surface area contributed by atoms with E-state index in [1.165, 1.54) is 116 Å². The van der Waals surface area contributed by atoms with Crippen LogP contribution in [-0.2, 0) is 65.4 Å². The highest BCUT2D eigenvalue weighted by Gasteiger charge is 2.30. The van der Waals surface area contributed by atoms with E-state index in [9.17, 15) is 43.2 Å². The zero-order valence-electron chi connectivity index (χ0n) is 53.5. The number of phosphoric ester groups is 2. The summed E-state index contributed by atoms with van der Waals surface area (Å²) in [7, 11) is -9.88. The van der Waals surface area contributed by atoms with Gasteiger partial charge in [0, 0.05) is 25.7 Å². The second kappa shape index (κ2) is 56.6. The Morgan fingerprint density at radius 1 is 0.337 bits per heavy atom. The fourth-order valence-corrected chi connectivity index (χ4v) is 11.0. The second-order valence-electron chi connectivity index (χ2n) is 23.6. The Hall–Kier alpha value is -1.94. The molecule has 4 unspecified atom stereocenters. The monoisotopic (exact) mass is 1230 g/mol. The van der Waals surface area contributed by atoms with Gasteiger partial charge in [0.1, 0.15) is 19.3 Å². The highest BCUT2D eigenvalue weighted by molar-refractivity contribution is 7.47. The van der Waals surface area contributed by atoms with Gasteiger partial charge < -0.3 is 33.8 Å². The lowest BCUT2D eigenvalue weighted by Gasteiger charge is -2.21. The molecule has 0 fully saturated rings. The zero-order chi connectivity index (χ0) is 61.5. The standard InChI is InChI=1S/C64H124O17P2/c1-7-11-13-15-17-29-36-42-48-63(68)80-59(52-74-61(66)46-40-34-26-16-14-12-8-2)54-78-82(70,71)76-50-58(65)51-77-83(72,73)79-55-60(81-64(69)49-43-37-31-25-21-19-23-28-33-39-45-57(6)10-4)53-75-62(67)47-41-35-30-24-20-18-22-27-32-38-44-56(5)9-3/h56-60,65H,7-55H2,1-6H3,(H,70,71)(H,72,73)/t56?,57?,58-,59+,60+/m0/s1. The summed E-state index contributed by atoms with van der Waals surface area (Å²) in [6.07, 6.45) is 38.9. The fraction of sp³-hybridized carbons (Fsp3) is 0.938. The third kappa shape index (κ3) is 56.3. The predicted octanol–water partition coefficient (Wildman–Crippen LogP) is 17.7. The molecule has 0 saturated carbocycles. The molecule has 19 heteroatoms. The van der Waals surface area contributed by atoms with E-state index in [0.29, 0.717) is 25.7 Å². The summed E-state index contributed by atoms with van der Waals surface area (Å²) in [6.45, 7) is 9.48. The summed E-state index contributed by atoms with van der Waals surface area (Å²) in [4.78, 5) is 72.0. The number of carbonyl (C=O) groups excluding carboxylic acids is 4. The minimum absolute atomic E-state index is 0.104. The van der Waals surface area contributed by atoms with Crippen LogP contribution in [0.3, 0.4) is 0 Å². The second-order valence-corrected chi connectivity index (χ2v) is 26.5. The van der Waals surface area contributed by atoms with Crippen LogP contribution < -0.4 is 0 Å². The predicted molar refractivity (Wildman–Crippen MR) is 331 cm³/mol. The molecule has 17 nitrogen and oxygen atoms in total. The van der Waals surface area contributed by atoms with Crippen molar-refractivity contribution >= 4 is 39.5 Å². The van der Waals surface area contributed by atoms with E-state index in [0.717, 1.165) is 121 Å². The largest absolute Gasteiger partial charge is 0.472 e. The van der Waals surface area contributed by atoms with Crippen molar-refractivity contribution in [1.29, 1.82) is 0 Å². The SMILES string of the molecule is CCCCCCCCCCC(=O)O[C@H](COC(=O)CCCCCCCCC)COP(=O)(O)OC[C@H](O)COP(=O)(O)OC[C@@H](COC(=O)CCCCCCCCCCCCC(C)CC)OC(=O)CCCCCCCCCCCCC(C)CC. The molecule has 0 aliphatic carbocycles. The maximum atomic E-state index is 13.0. The average molecular weight is 1230 g/mol. The van der Waals surface area contributed by atoms with E-state index >= 15 is 0 Å². The lowest BCUT2D eigenvalue weighted by Crippen LogP contribution is -2.30. The van der Waals surface area contributed by atoms with Crippen molar-refractivity contribution in [3.63, 3.8) is 0 Å². The summed E-state index contributed by atoms with van der Waals surface area (Å²) in [5.74, 6) is -0.527. The molecule has 0 radical (unpaired) electrons. The van der Waals surface area contributed by atoms with Crippen LogP contribution in [0, 0.1) is 11.8 Å². The summed E-state index contributed by atoms with van der Waals surface area (Å²) < 4.78 is 67.9.